The van der Waals surface area contributed by atoms with Crippen molar-refractivity contribution in [3.8, 4) is 5.75 Å². The minimum absolute atomic E-state index is 0.793. The molecule has 0 aliphatic carbocycles. The monoisotopic (exact) mass is 340 g/mol. The Bertz CT molecular complexity index is 723. The highest BCUT2D eigenvalue weighted by atomic mass is 16.5. The maximum absolute atomic E-state index is 5.81. The Balaban J connectivity index is 1.60. The fraction of sp³-hybridized carbons (Fsp3) is 0.476. The molecule has 1 aliphatic rings. The number of aryl methyl sites for hydroxylation is 1. The molecule has 1 fully saturated rings. The van der Waals surface area contributed by atoms with Gasteiger partial charge in [0.2, 0.25) is 5.88 Å². The third-order valence-corrected chi connectivity index (χ3v) is 4.82. The number of ether oxygens (including phenoxy) is 1. The molecule has 1 aliphatic heterocycles. The van der Waals surface area contributed by atoms with E-state index in [0.717, 1.165) is 68.3 Å². The van der Waals surface area contributed by atoms with Crippen molar-refractivity contribution in [1.82, 2.24) is 5.16 Å². The van der Waals surface area contributed by atoms with Gasteiger partial charge >= 0.3 is 0 Å². The summed E-state index contributed by atoms with van der Waals surface area (Å²) in [6.45, 7) is 9.01. The SMILES string of the molecule is CCCCOc1cccc(C=C2CCN(c3onc(C)c3C)CC2)c1. The number of aromatic nitrogens is 1. The molecule has 0 saturated carbocycles. The first-order chi connectivity index (χ1) is 12.2. The molecule has 0 radical (unpaired) electrons. The number of nitrogens with zero attached hydrogens (tertiary/aromatic N) is 2. The molecule has 2 aromatic rings. The molecule has 0 atom stereocenters. The first kappa shape index (κ1) is 17.6. The second-order valence-corrected chi connectivity index (χ2v) is 6.76. The van der Waals surface area contributed by atoms with Crippen molar-refractivity contribution >= 4 is 12.0 Å². The molecule has 0 unspecified atom stereocenters. The van der Waals surface area contributed by atoms with Crippen molar-refractivity contribution in [3.05, 3.63) is 46.7 Å². The Labute approximate surface area is 150 Å². The van der Waals surface area contributed by atoms with Crippen molar-refractivity contribution in [2.75, 3.05) is 24.6 Å². The summed E-state index contributed by atoms with van der Waals surface area (Å²) in [6.07, 6.45) is 6.68. The molecule has 2 heterocycles. The van der Waals surface area contributed by atoms with Gasteiger partial charge in [0.1, 0.15) is 5.75 Å². The van der Waals surface area contributed by atoms with Crippen LogP contribution in [0, 0.1) is 13.8 Å². The van der Waals surface area contributed by atoms with E-state index < -0.39 is 0 Å². The van der Waals surface area contributed by atoms with Crippen LogP contribution >= 0.6 is 0 Å². The van der Waals surface area contributed by atoms with Crippen molar-refractivity contribution in [2.45, 2.75) is 46.5 Å². The fourth-order valence-electron chi connectivity index (χ4n) is 3.10. The van der Waals surface area contributed by atoms with E-state index in [2.05, 4.69) is 48.2 Å². The van der Waals surface area contributed by atoms with E-state index in [1.807, 2.05) is 13.0 Å². The highest BCUT2D eigenvalue weighted by Crippen LogP contribution is 2.28. The molecule has 1 saturated heterocycles. The lowest BCUT2D eigenvalue weighted by Gasteiger charge is -2.28. The summed E-state index contributed by atoms with van der Waals surface area (Å²) >= 11 is 0. The smallest absolute Gasteiger partial charge is 0.230 e. The molecule has 0 spiro atoms. The van der Waals surface area contributed by atoms with Crippen LogP contribution in [0.3, 0.4) is 0 Å². The van der Waals surface area contributed by atoms with E-state index in [9.17, 15) is 0 Å². The average Bonchev–Trinajstić information content (AvgIpc) is 2.96. The highest BCUT2D eigenvalue weighted by Gasteiger charge is 2.20. The molecule has 134 valence electrons. The fourth-order valence-corrected chi connectivity index (χ4v) is 3.10. The molecule has 1 aromatic carbocycles. The van der Waals surface area contributed by atoms with E-state index in [4.69, 9.17) is 9.26 Å². The van der Waals surface area contributed by atoms with Gasteiger partial charge in [0, 0.05) is 18.7 Å². The van der Waals surface area contributed by atoms with E-state index in [1.54, 1.807) is 0 Å². The summed E-state index contributed by atoms with van der Waals surface area (Å²) in [5.74, 6) is 1.90. The van der Waals surface area contributed by atoms with E-state index in [0.29, 0.717) is 0 Å². The van der Waals surface area contributed by atoms with Gasteiger partial charge in [-0.15, -0.1) is 0 Å². The number of benzene rings is 1. The van der Waals surface area contributed by atoms with Crippen LogP contribution < -0.4 is 9.64 Å². The Morgan fingerprint density at radius 2 is 2.04 bits per heavy atom. The zero-order valence-corrected chi connectivity index (χ0v) is 15.5. The van der Waals surface area contributed by atoms with Gasteiger partial charge in [0.05, 0.1) is 12.3 Å². The zero-order chi connectivity index (χ0) is 17.6. The van der Waals surface area contributed by atoms with Crippen molar-refractivity contribution in [2.24, 2.45) is 0 Å². The van der Waals surface area contributed by atoms with Crippen molar-refractivity contribution in [1.29, 1.82) is 0 Å². The maximum atomic E-state index is 5.81. The zero-order valence-electron chi connectivity index (χ0n) is 15.5. The van der Waals surface area contributed by atoms with Crippen LogP contribution in [0.1, 0.15) is 49.4 Å². The first-order valence-corrected chi connectivity index (χ1v) is 9.27. The summed E-state index contributed by atoms with van der Waals surface area (Å²) in [4.78, 5) is 2.30. The van der Waals surface area contributed by atoms with Crippen LogP contribution in [0.4, 0.5) is 5.88 Å². The molecule has 0 bridgehead atoms. The van der Waals surface area contributed by atoms with Crippen LogP contribution in [0.25, 0.3) is 6.08 Å². The number of rotatable bonds is 6. The number of hydrogen-bond donors (Lipinski definition) is 0. The summed E-state index contributed by atoms with van der Waals surface area (Å²) in [5.41, 5.74) is 4.85. The van der Waals surface area contributed by atoms with Gasteiger partial charge < -0.3 is 14.2 Å². The van der Waals surface area contributed by atoms with E-state index in [1.165, 1.54) is 11.1 Å². The second kappa shape index (κ2) is 8.24. The maximum Gasteiger partial charge on any atom is 0.230 e. The molecule has 0 N–H and O–H groups in total. The quantitative estimate of drug-likeness (QED) is 0.681. The molecule has 4 nitrogen and oxygen atoms in total. The highest BCUT2D eigenvalue weighted by molar-refractivity contribution is 5.56. The minimum Gasteiger partial charge on any atom is -0.494 e. The molecule has 25 heavy (non-hydrogen) atoms. The Kier molecular flexibility index (Phi) is 5.79. The van der Waals surface area contributed by atoms with Crippen molar-refractivity contribution in [3.63, 3.8) is 0 Å². The van der Waals surface area contributed by atoms with Gasteiger partial charge in [-0.3, -0.25) is 0 Å². The Morgan fingerprint density at radius 3 is 2.72 bits per heavy atom. The number of anilines is 1. The second-order valence-electron chi connectivity index (χ2n) is 6.76. The molecular formula is C21H28N2O2. The lowest BCUT2D eigenvalue weighted by atomic mass is 10.0. The normalized spacial score (nSPS) is 14.7. The lowest BCUT2D eigenvalue weighted by Crippen LogP contribution is -2.30. The summed E-state index contributed by atoms with van der Waals surface area (Å²) in [6, 6.07) is 8.40. The van der Waals surface area contributed by atoms with Gasteiger partial charge in [-0.2, -0.15) is 0 Å². The van der Waals surface area contributed by atoms with Crippen molar-refractivity contribution < 1.29 is 9.26 Å². The van der Waals surface area contributed by atoms with Crippen LogP contribution in [-0.4, -0.2) is 24.9 Å². The number of unbranched alkanes of at least 4 members (excludes halogenated alkanes) is 1. The largest absolute Gasteiger partial charge is 0.494 e. The van der Waals surface area contributed by atoms with Crippen LogP contribution in [-0.2, 0) is 0 Å². The standard InChI is InChI=1S/C21H28N2O2/c1-4-5-13-24-20-8-6-7-19(15-20)14-18-9-11-23(12-10-18)21-16(2)17(3)22-25-21/h6-8,14-15H,4-5,9-13H2,1-3H3. The predicted octanol–water partition coefficient (Wildman–Crippen LogP) is 5.15. The first-order valence-electron chi connectivity index (χ1n) is 9.27. The third kappa shape index (κ3) is 4.44. The molecule has 1 aromatic heterocycles. The average molecular weight is 340 g/mol. The lowest BCUT2D eigenvalue weighted by molar-refractivity contribution is 0.309. The van der Waals surface area contributed by atoms with Crippen LogP contribution in [0.2, 0.25) is 0 Å². The van der Waals surface area contributed by atoms with Gasteiger partial charge in [0.25, 0.3) is 0 Å². The number of piperidine rings is 1. The minimum atomic E-state index is 0.793. The molecule has 3 rings (SSSR count). The Morgan fingerprint density at radius 1 is 1.24 bits per heavy atom. The van der Waals surface area contributed by atoms with E-state index >= 15 is 0 Å². The topological polar surface area (TPSA) is 38.5 Å². The predicted molar refractivity (Wildman–Crippen MR) is 102 cm³/mol. The summed E-state index contributed by atoms with van der Waals surface area (Å²) in [7, 11) is 0. The molecule has 4 heteroatoms. The number of hydrogen-bond acceptors (Lipinski definition) is 4. The van der Waals surface area contributed by atoms with Gasteiger partial charge in [-0.1, -0.05) is 42.3 Å². The molecular weight excluding hydrogens is 312 g/mol. The van der Waals surface area contributed by atoms with Crippen LogP contribution in [0.5, 0.6) is 5.75 Å². The summed E-state index contributed by atoms with van der Waals surface area (Å²) in [5, 5.41) is 4.07. The van der Waals surface area contributed by atoms with Gasteiger partial charge in [0.15, 0.2) is 0 Å². The van der Waals surface area contributed by atoms with Gasteiger partial charge in [-0.05, 0) is 50.8 Å². The third-order valence-electron chi connectivity index (χ3n) is 4.82. The van der Waals surface area contributed by atoms with E-state index in [-0.39, 0.29) is 0 Å². The summed E-state index contributed by atoms with van der Waals surface area (Å²) < 4.78 is 11.3. The Hall–Kier alpha value is -2.23. The van der Waals surface area contributed by atoms with Crippen LogP contribution in [0.15, 0.2) is 34.4 Å². The van der Waals surface area contributed by atoms with Gasteiger partial charge in [-0.25, -0.2) is 0 Å². The molecule has 0 amide bonds.